The second-order valence-electron chi connectivity index (χ2n) is 5.02. The van der Waals surface area contributed by atoms with Crippen molar-refractivity contribution < 1.29 is 19.1 Å². The lowest BCUT2D eigenvalue weighted by Crippen LogP contribution is -2.41. The van der Waals surface area contributed by atoms with Crippen molar-refractivity contribution in [2.45, 2.75) is 19.3 Å². The number of furan rings is 1. The van der Waals surface area contributed by atoms with Gasteiger partial charge in [-0.3, -0.25) is 9.59 Å². The Hall–Kier alpha value is -1.82. The van der Waals surface area contributed by atoms with Gasteiger partial charge >= 0.3 is 0 Å². The summed E-state index contributed by atoms with van der Waals surface area (Å²) in [5.74, 6) is 0.273. The zero-order valence-corrected chi connectivity index (χ0v) is 11.4. The predicted octanol–water partition coefficient (Wildman–Crippen LogP) is 0.630. The molecule has 0 atom stereocenters. The number of aliphatic hydroxyl groups is 1. The summed E-state index contributed by atoms with van der Waals surface area (Å²) in [5.41, 5.74) is 0.528. The molecule has 2 amide bonds. The van der Waals surface area contributed by atoms with E-state index in [1.165, 1.54) is 12.5 Å². The van der Waals surface area contributed by atoms with Crippen molar-refractivity contribution in [2.75, 3.05) is 26.2 Å². The summed E-state index contributed by atoms with van der Waals surface area (Å²) in [7, 11) is 0. The molecule has 1 saturated heterocycles. The number of amides is 2. The van der Waals surface area contributed by atoms with Gasteiger partial charge in [0, 0.05) is 26.1 Å². The third-order valence-corrected chi connectivity index (χ3v) is 3.63. The van der Waals surface area contributed by atoms with E-state index in [0.717, 1.165) is 12.8 Å². The number of piperidine rings is 1. The first-order valence-electron chi connectivity index (χ1n) is 6.89. The fourth-order valence-corrected chi connectivity index (χ4v) is 2.37. The molecule has 0 unspecified atom stereocenters. The molecule has 20 heavy (non-hydrogen) atoms. The molecule has 1 aliphatic rings. The molecule has 1 aliphatic heterocycles. The van der Waals surface area contributed by atoms with Crippen LogP contribution in [0.4, 0.5) is 0 Å². The lowest BCUT2D eigenvalue weighted by Gasteiger charge is -2.32. The predicted molar refractivity (Wildman–Crippen MR) is 72.0 cm³/mol. The Labute approximate surface area is 117 Å². The van der Waals surface area contributed by atoms with Crippen LogP contribution in [0, 0.1) is 5.92 Å². The minimum absolute atomic E-state index is 0.00776. The van der Waals surface area contributed by atoms with Gasteiger partial charge in [0.15, 0.2) is 0 Å². The number of likely N-dealkylation sites (tertiary alicyclic amines) is 1. The quantitative estimate of drug-likeness (QED) is 0.828. The summed E-state index contributed by atoms with van der Waals surface area (Å²) in [6, 6.07) is 1.63. The van der Waals surface area contributed by atoms with Crippen molar-refractivity contribution in [3.63, 3.8) is 0 Å². The van der Waals surface area contributed by atoms with Gasteiger partial charge in [-0.2, -0.15) is 0 Å². The first-order valence-corrected chi connectivity index (χ1v) is 6.89. The van der Waals surface area contributed by atoms with Gasteiger partial charge in [-0.1, -0.05) is 0 Å². The summed E-state index contributed by atoms with van der Waals surface area (Å²) in [5, 5.41) is 11.6. The van der Waals surface area contributed by atoms with Crippen LogP contribution < -0.4 is 5.32 Å². The van der Waals surface area contributed by atoms with Crippen molar-refractivity contribution in [1.29, 1.82) is 0 Å². The SMILES string of the molecule is O=C(NCC1CCN(C(=O)CCO)CC1)c1ccoc1. The first kappa shape index (κ1) is 14.6. The fraction of sp³-hybridized carbons (Fsp3) is 0.571. The maximum absolute atomic E-state index is 11.7. The Morgan fingerprint density at radius 3 is 2.75 bits per heavy atom. The Bertz CT molecular complexity index is 436. The summed E-state index contributed by atoms with van der Waals surface area (Å²) in [4.78, 5) is 25.1. The van der Waals surface area contributed by atoms with Crippen LogP contribution in [-0.4, -0.2) is 48.1 Å². The molecule has 1 fully saturated rings. The van der Waals surface area contributed by atoms with Crippen molar-refractivity contribution >= 4 is 11.8 Å². The van der Waals surface area contributed by atoms with Crippen LogP contribution in [-0.2, 0) is 4.79 Å². The van der Waals surface area contributed by atoms with E-state index in [4.69, 9.17) is 9.52 Å². The standard InChI is InChI=1S/C14H20N2O4/c17-7-3-13(18)16-5-1-11(2-6-16)9-15-14(19)12-4-8-20-10-12/h4,8,10-11,17H,1-3,5-7,9H2,(H,15,19). The summed E-state index contributed by atoms with van der Waals surface area (Å²) < 4.78 is 4.87. The Balaban J connectivity index is 1.69. The second-order valence-corrected chi connectivity index (χ2v) is 5.02. The van der Waals surface area contributed by atoms with E-state index in [1.807, 2.05) is 0 Å². The van der Waals surface area contributed by atoms with E-state index >= 15 is 0 Å². The summed E-state index contributed by atoms with van der Waals surface area (Å²) in [6.07, 6.45) is 4.85. The van der Waals surface area contributed by atoms with E-state index in [2.05, 4.69) is 5.32 Å². The lowest BCUT2D eigenvalue weighted by molar-refractivity contribution is -0.133. The van der Waals surface area contributed by atoms with Crippen molar-refractivity contribution in [1.82, 2.24) is 10.2 Å². The van der Waals surface area contributed by atoms with Gasteiger partial charge in [0.05, 0.1) is 18.4 Å². The van der Waals surface area contributed by atoms with Crippen molar-refractivity contribution in [3.05, 3.63) is 24.2 Å². The van der Waals surface area contributed by atoms with Crippen LogP contribution in [0.15, 0.2) is 23.0 Å². The van der Waals surface area contributed by atoms with Crippen LogP contribution in [0.1, 0.15) is 29.6 Å². The maximum atomic E-state index is 11.7. The highest BCUT2D eigenvalue weighted by Crippen LogP contribution is 2.17. The van der Waals surface area contributed by atoms with Gasteiger partial charge in [0.25, 0.3) is 5.91 Å². The van der Waals surface area contributed by atoms with E-state index in [9.17, 15) is 9.59 Å². The highest BCUT2D eigenvalue weighted by atomic mass is 16.3. The topological polar surface area (TPSA) is 82.8 Å². The third kappa shape index (κ3) is 3.84. The Morgan fingerprint density at radius 1 is 1.40 bits per heavy atom. The van der Waals surface area contributed by atoms with Gasteiger partial charge in [-0.25, -0.2) is 0 Å². The zero-order valence-electron chi connectivity index (χ0n) is 11.4. The summed E-state index contributed by atoms with van der Waals surface area (Å²) >= 11 is 0. The van der Waals surface area contributed by atoms with Gasteiger partial charge in [0.1, 0.15) is 6.26 Å². The molecule has 2 N–H and O–H groups in total. The number of hydrogen-bond donors (Lipinski definition) is 2. The maximum Gasteiger partial charge on any atom is 0.254 e. The van der Waals surface area contributed by atoms with E-state index in [-0.39, 0.29) is 24.8 Å². The normalized spacial score (nSPS) is 16.1. The number of hydrogen-bond acceptors (Lipinski definition) is 4. The minimum Gasteiger partial charge on any atom is -0.472 e. The highest BCUT2D eigenvalue weighted by Gasteiger charge is 2.22. The summed E-state index contributed by atoms with van der Waals surface area (Å²) in [6.45, 7) is 1.92. The Kier molecular flexibility index (Phi) is 5.17. The van der Waals surface area contributed by atoms with Crippen molar-refractivity contribution in [2.24, 2.45) is 5.92 Å². The van der Waals surface area contributed by atoms with Crippen molar-refractivity contribution in [3.8, 4) is 0 Å². The van der Waals surface area contributed by atoms with Crippen LogP contribution in [0.5, 0.6) is 0 Å². The zero-order chi connectivity index (χ0) is 14.4. The lowest BCUT2D eigenvalue weighted by atomic mass is 9.96. The number of rotatable bonds is 5. The molecule has 0 aliphatic carbocycles. The molecule has 2 heterocycles. The van der Waals surface area contributed by atoms with Gasteiger partial charge in [-0.05, 0) is 24.8 Å². The first-order chi connectivity index (χ1) is 9.70. The number of nitrogens with zero attached hydrogens (tertiary/aromatic N) is 1. The van der Waals surface area contributed by atoms with Crippen LogP contribution in [0.2, 0.25) is 0 Å². The molecule has 6 heteroatoms. The molecular formula is C14H20N2O4. The molecule has 0 saturated carbocycles. The van der Waals surface area contributed by atoms with Gasteiger partial charge in [0.2, 0.25) is 5.91 Å². The molecule has 110 valence electrons. The number of carbonyl (C=O) groups is 2. The fourth-order valence-electron chi connectivity index (χ4n) is 2.37. The highest BCUT2D eigenvalue weighted by molar-refractivity contribution is 5.93. The largest absolute Gasteiger partial charge is 0.472 e. The molecule has 0 aromatic carbocycles. The number of aliphatic hydroxyl groups excluding tert-OH is 1. The van der Waals surface area contributed by atoms with E-state index < -0.39 is 0 Å². The molecule has 6 nitrogen and oxygen atoms in total. The average Bonchev–Trinajstić information content (AvgIpc) is 3.00. The smallest absolute Gasteiger partial charge is 0.254 e. The molecule has 2 rings (SSSR count). The van der Waals surface area contributed by atoms with E-state index in [0.29, 0.717) is 31.1 Å². The molecule has 1 aromatic rings. The second kappa shape index (κ2) is 7.09. The molecule has 1 aromatic heterocycles. The number of nitrogens with one attached hydrogen (secondary N) is 1. The molecular weight excluding hydrogens is 260 g/mol. The minimum atomic E-state index is -0.127. The monoisotopic (exact) mass is 280 g/mol. The molecule has 0 bridgehead atoms. The Morgan fingerprint density at radius 2 is 2.15 bits per heavy atom. The number of carbonyl (C=O) groups excluding carboxylic acids is 2. The van der Waals surface area contributed by atoms with Gasteiger partial charge in [-0.15, -0.1) is 0 Å². The third-order valence-electron chi connectivity index (χ3n) is 3.63. The van der Waals surface area contributed by atoms with Gasteiger partial charge < -0.3 is 19.7 Å². The van der Waals surface area contributed by atoms with Crippen LogP contribution in [0.3, 0.4) is 0 Å². The molecule has 0 radical (unpaired) electrons. The molecule has 0 spiro atoms. The van der Waals surface area contributed by atoms with E-state index in [1.54, 1.807) is 11.0 Å². The average molecular weight is 280 g/mol. The van der Waals surface area contributed by atoms with Crippen LogP contribution >= 0.6 is 0 Å². The van der Waals surface area contributed by atoms with Crippen LogP contribution in [0.25, 0.3) is 0 Å².